The Hall–Kier alpha value is -1.13. The molecule has 0 atom stereocenters. The number of hydrogen-bond acceptors (Lipinski definition) is 0. The highest BCUT2D eigenvalue weighted by atomic mass is 19.3. The second-order valence-corrected chi connectivity index (χ2v) is 3.58. The van der Waals surface area contributed by atoms with Crippen molar-refractivity contribution < 1.29 is 22.0 Å². The summed E-state index contributed by atoms with van der Waals surface area (Å²) in [4.78, 5) is 0. The van der Waals surface area contributed by atoms with Gasteiger partial charge >= 0.3 is 0 Å². The summed E-state index contributed by atoms with van der Waals surface area (Å²) in [6.07, 6.45) is -0.231. The van der Waals surface area contributed by atoms with Crippen molar-refractivity contribution in [2.45, 2.75) is 25.2 Å². The van der Waals surface area contributed by atoms with Crippen LogP contribution in [0.25, 0.3) is 0 Å². The van der Waals surface area contributed by atoms with Gasteiger partial charge in [0.1, 0.15) is 0 Å². The highest BCUT2D eigenvalue weighted by Gasteiger charge is 2.41. The Balaban J connectivity index is 2.71. The Labute approximate surface area is 82.7 Å². The minimum Gasteiger partial charge on any atom is -0.204 e. The summed E-state index contributed by atoms with van der Waals surface area (Å²) < 4.78 is 65.2. The smallest absolute Gasteiger partial charge is 0.204 e. The molecule has 1 aliphatic rings. The highest BCUT2D eigenvalue weighted by Crippen LogP contribution is 2.42. The lowest BCUT2D eigenvalue weighted by Gasteiger charge is -2.25. The van der Waals surface area contributed by atoms with Crippen molar-refractivity contribution in [1.82, 2.24) is 0 Å². The molecule has 0 fully saturated rings. The number of aryl methyl sites for hydroxylation is 1. The van der Waals surface area contributed by atoms with Crippen LogP contribution in [-0.4, -0.2) is 0 Å². The van der Waals surface area contributed by atoms with E-state index in [9.17, 15) is 22.0 Å². The van der Waals surface area contributed by atoms with Crippen LogP contribution in [0.4, 0.5) is 22.0 Å². The van der Waals surface area contributed by atoms with Gasteiger partial charge in [0.25, 0.3) is 5.92 Å². The summed E-state index contributed by atoms with van der Waals surface area (Å²) in [5.74, 6) is -8.39. The highest BCUT2D eigenvalue weighted by molar-refractivity contribution is 5.36. The number of hydrogen-bond donors (Lipinski definition) is 0. The Morgan fingerprint density at radius 2 is 1.73 bits per heavy atom. The third-order valence-electron chi connectivity index (χ3n) is 2.55. The van der Waals surface area contributed by atoms with E-state index >= 15 is 0 Å². The number of benzene rings is 1. The van der Waals surface area contributed by atoms with Crippen LogP contribution in [0.15, 0.2) is 6.07 Å². The largest absolute Gasteiger partial charge is 0.276 e. The van der Waals surface area contributed by atoms with Gasteiger partial charge in [0, 0.05) is 6.42 Å². The lowest BCUT2D eigenvalue weighted by molar-refractivity contribution is -0.0259. The topological polar surface area (TPSA) is 0 Å². The molecule has 1 aliphatic carbocycles. The van der Waals surface area contributed by atoms with E-state index in [-0.39, 0.29) is 18.4 Å². The molecule has 0 N–H and O–H groups in total. The van der Waals surface area contributed by atoms with Gasteiger partial charge in [-0.25, -0.2) is 22.0 Å². The van der Waals surface area contributed by atoms with E-state index in [1.807, 2.05) is 0 Å². The molecule has 1 aromatic rings. The van der Waals surface area contributed by atoms with Gasteiger partial charge in [-0.3, -0.25) is 0 Å². The quantitative estimate of drug-likeness (QED) is 0.465. The predicted molar refractivity (Wildman–Crippen MR) is 43.1 cm³/mol. The fraction of sp³-hybridized carbons (Fsp3) is 0.400. The van der Waals surface area contributed by atoms with Crippen LogP contribution in [0.2, 0.25) is 0 Å². The molecule has 1 aromatic carbocycles. The normalized spacial score (nSPS) is 18.7. The van der Waals surface area contributed by atoms with E-state index in [2.05, 4.69) is 0 Å². The lowest BCUT2D eigenvalue weighted by Crippen LogP contribution is -2.24. The van der Waals surface area contributed by atoms with E-state index in [1.165, 1.54) is 0 Å². The zero-order chi connectivity index (χ0) is 11.2. The Morgan fingerprint density at radius 1 is 1.07 bits per heavy atom. The summed E-state index contributed by atoms with van der Waals surface area (Å²) in [5, 5.41) is 0. The van der Waals surface area contributed by atoms with Gasteiger partial charge in [0.05, 0.1) is 5.56 Å². The molecular weight excluding hydrogens is 215 g/mol. The van der Waals surface area contributed by atoms with Crippen molar-refractivity contribution >= 4 is 0 Å². The minimum atomic E-state index is -3.40. The average molecular weight is 222 g/mol. The zero-order valence-electron chi connectivity index (χ0n) is 7.59. The van der Waals surface area contributed by atoms with Crippen molar-refractivity contribution in [3.8, 4) is 0 Å². The summed E-state index contributed by atoms with van der Waals surface area (Å²) in [7, 11) is 0. The number of halogens is 5. The summed E-state index contributed by atoms with van der Waals surface area (Å²) in [6.45, 7) is 0. The molecule has 0 bridgehead atoms. The van der Waals surface area contributed by atoms with Crippen LogP contribution in [0.5, 0.6) is 0 Å². The van der Waals surface area contributed by atoms with E-state index in [0.717, 1.165) is 0 Å². The van der Waals surface area contributed by atoms with Gasteiger partial charge in [0.2, 0.25) is 0 Å². The number of alkyl halides is 2. The third kappa shape index (κ3) is 1.50. The molecule has 0 amide bonds. The molecule has 15 heavy (non-hydrogen) atoms. The van der Waals surface area contributed by atoms with Crippen molar-refractivity contribution in [2.24, 2.45) is 0 Å². The van der Waals surface area contributed by atoms with Crippen molar-refractivity contribution in [3.05, 3.63) is 34.6 Å². The molecule has 0 aliphatic heterocycles. The second-order valence-electron chi connectivity index (χ2n) is 3.58. The van der Waals surface area contributed by atoms with Gasteiger partial charge in [-0.15, -0.1) is 0 Å². The fourth-order valence-corrected chi connectivity index (χ4v) is 1.86. The molecule has 0 unspecified atom stereocenters. The number of fused-ring (bicyclic) bond motifs is 1. The van der Waals surface area contributed by atoms with Crippen molar-refractivity contribution in [3.63, 3.8) is 0 Å². The van der Waals surface area contributed by atoms with Crippen LogP contribution >= 0.6 is 0 Å². The van der Waals surface area contributed by atoms with Crippen LogP contribution in [0.1, 0.15) is 24.0 Å². The predicted octanol–water partition coefficient (Wildman–Crippen LogP) is 3.53. The average Bonchev–Trinajstić information content (AvgIpc) is 2.12. The molecule has 0 radical (unpaired) electrons. The molecular formula is C10H7F5. The Morgan fingerprint density at radius 3 is 2.40 bits per heavy atom. The van der Waals surface area contributed by atoms with Gasteiger partial charge in [-0.2, -0.15) is 0 Å². The fourth-order valence-electron chi connectivity index (χ4n) is 1.86. The second kappa shape index (κ2) is 3.18. The molecule has 0 saturated heterocycles. The lowest BCUT2D eigenvalue weighted by atomic mass is 9.88. The molecule has 2 rings (SSSR count). The van der Waals surface area contributed by atoms with Crippen LogP contribution in [0, 0.1) is 17.5 Å². The molecule has 0 saturated carbocycles. The molecule has 0 spiro atoms. The van der Waals surface area contributed by atoms with Crippen LogP contribution < -0.4 is 0 Å². The SMILES string of the molecule is Fc1cc2c(c(F)c1F)C(F)(F)CCC2. The first-order valence-electron chi connectivity index (χ1n) is 4.48. The first kappa shape index (κ1) is 10.4. The third-order valence-corrected chi connectivity index (χ3v) is 2.55. The summed E-state index contributed by atoms with van der Waals surface area (Å²) in [5.41, 5.74) is -1.12. The number of rotatable bonds is 0. The van der Waals surface area contributed by atoms with E-state index in [1.54, 1.807) is 0 Å². The van der Waals surface area contributed by atoms with E-state index < -0.39 is 35.4 Å². The van der Waals surface area contributed by atoms with Gasteiger partial charge < -0.3 is 0 Å². The van der Waals surface area contributed by atoms with Crippen LogP contribution in [-0.2, 0) is 12.3 Å². The standard InChI is InChI=1S/C10H7F5/c11-6-4-5-2-1-3-10(14,15)7(5)9(13)8(6)12/h4H,1-3H2. The monoisotopic (exact) mass is 222 g/mol. The van der Waals surface area contributed by atoms with Crippen LogP contribution in [0.3, 0.4) is 0 Å². The maximum Gasteiger partial charge on any atom is 0.276 e. The van der Waals surface area contributed by atoms with Gasteiger partial charge in [-0.05, 0) is 24.5 Å². The molecule has 82 valence electrons. The van der Waals surface area contributed by atoms with Gasteiger partial charge in [0.15, 0.2) is 17.5 Å². The Kier molecular flexibility index (Phi) is 2.20. The van der Waals surface area contributed by atoms with Crippen molar-refractivity contribution in [2.75, 3.05) is 0 Å². The zero-order valence-corrected chi connectivity index (χ0v) is 7.59. The van der Waals surface area contributed by atoms with Crippen molar-refractivity contribution in [1.29, 1.82) is 0 Å². The maximum absolute atomic E-state index is 13.2. The van der Waals surface area contributed by atoms with E-state index in [4.69, 9.17) is 0 Å². The molecule has 5 heteroatoms. The molecule has 0 nitrogen and oxygen atoms in total. The first-order valence-corrected chi connectivity index (χ1v) is 4.48. The summed E-state index contributed by atoms with van der Waals surface area (Å²) >= 11 is 0. The maximum atomic E-state index is 13.2. The molecule has 0 aromatic heterocycles. The van der Waals surface area contributed by atoms with E-state index in [0.29, 0.717) is 6.07 Å². The summed E-state index contributed by atoms with van der Waals surface area (Å²) in [6, 6.07) is 0.654. The minimum absolute atomic E-state index is 0.136. The first-order chi connectivity index (χ1) is 6.93. The molecule has 0 heterocycles. The van der Waals surface area contributed by atoms with Gasteiger partial charge in [-0.1, -0.05) is 0 Å². The Bertz CT molecular complexity index is 411.